The first-order chi connectivity index (χ1) is 14.4. The Hall–Kier alpha value is -2.58. The van der Waals surface area contributed by atoms with Crippen LogP contribution in [-0.2, 0) is 11.3 Å². The summed E-state index contributed by atoms with van der Waals surface area (Å²) in [5.74, 6) is 0.873. The van der Waals surface area contributed by atoms with Gasteiger partial charge in [-0.3, -0.25) is 4.79 Å². The number of carbonyl (C=O) groups excluding carboxylic acids is 1. The van der Waals surface area contributed by atoms with E-state index in [0.29, 0.717) is 34.0 Å². The minimum Gasteiger partial charge on any atom is -0.483 e. The van der Waals surface area contributed by atoms with Crippen molar-refractivity contribution in [2.24, 2.45) is 0 Å². The van der Waals surface area contributed by atoms with E-state index in [9.17, 15) is 9.18 Å². The van der Waals surface area contributed by atoms with Gasteiger partial charge in [0.25, 0.3) is 0 Å². The number of hydrogen-bond acceptors (Lipinski definition) is 5. The molecule has 0 fully saturated rings. The SMILES string of the molecule is CCn1c(SCC(=O)Nc2cccc(Cl)c2C)nnc1C(C)Oc1ccc(F)cc1. The molecular weight excluding hydrogens is 427 g/mol. The van der Waals surface area contributed by atoms with Gasteiger partial charge in [0.05, 0.1) is 5.75 Å². The molecule has 1 N–H and O–H groups in total. The summed E-state index contributed by atoms with van der Waals surface area (Å²) < 4.78 is 20.8. The van der Waals surface area contributed by atoms with Crippen LogP contribution in [0.2, 0.25) is 5.02 Å². The lowest BCUT2D eigenvalue weighted by atomic mass is 10.2. The number of amides is 1. The van der Waals surface area contributed by atoms with Gasteiger partial charge in [0, 0.05) is 17.3 Å². The Morgan fingerprint density at radius 1 is 1.27 bits per heavy atom. The molecule has 6 nitrogen and oxygen atoms in total. The molecule has 3 aromatic rings. The number of carbonyl (C=O) groups is 1. The quantitative estimate of drug-likeness (QED) is 0.475. The fourth-order valence-corrected chi connectivity index (χ4v) is 3.82. The van der Waals surface area contributed by atoms with Gasteiger partial charge in [-0.15, -0.1) is 10.2 Å². The first-order valence-electron chi connectivity index (χ1n) is 9.42. The number of nitrogens with zero attached hydrogens (tertiary/aromatic N) is 3. The molecular formula is C21H22ClFN4O2S. The Morgan fingerprint density at radius 3 is 2.70 bits per heavy atom. The molecule has 1 aromatic heterocycles. The number of rotatable bonds is 8. The standard InChI is InChI=1S/C21H22ClFN4O2S/c1-4-27-20(14(3)29-16-10-8-15(23)9-11-16)25-26-21(27)30-12-19(28)24-18-7-5-6-17(22)13(18)2/h5-11,14H,4,12H2,1-3H3,(H,24,28). The maximum Gasteiger partial charge on any atom is 0.234 e. The molecule has 158 valence electrons. The van der Waals surface area contributed by atoms with E-state index in [0.717, 1.165) is 5.56 Å². The third kappa shape index (κ3) is 5.31. The van der Waals surface area contributed by atoms with Gasteiger partial charge in [0.2, 0.25) is 5.91 Å². The summed E-state index contributed by atoms with van der Waals surface area (Å²) in [7, 11) is 0. The van der Waals surface area contributed by atoms with E-state index in [1.807, 2.05) is 31.4 Å². The van der Waals surface area contributed by atoms with Gasteiger partial charge < -0.3 is 14.6 Å². The third-order valence-corrected chi connectivity index (χ3v) is 5.80. The second-order valence-corrected chi connectivity index (χ2v) is 7.90. The Balaban J connectivity index is 1.64. The van der Waals surface area contributed by atoms with Gasteiger partial charge in [-0.1, -0.05) is 29.4 Å². The summed E-state index contributed by atoms with van der Waals surface area (Å²) in [4.78, 5) is 12.4. The predicted molar refractivity (Wildman–Crippen MR) is 117 cm³/mol. The molecule has 9 heteroatoms. The van der Waals surface area contributed by atoms with Crippen molar-refractivity contribution >= 4 is 35.0 Å². The highest BCUT2D eigenvalue weighted by molar-refractivity contribution is 7.99. The van der Waals surface area contributed by atoms with E-state index in [4.69, 9.17) is 16.3 Å². The first kappa shape index (κ1) is 22.1. The van der Waals surface area contributed by atoms with E-state index in [1.165, 1.54) is 23.9 Å². The summed E-state index contributed by atoms with van der Waals surface area (Å²) >= 11 is 7.39. The molecule has 30 heavy (non-hydrogen) atoms. The van der Waals surface area contributed by atoms with Crippen molar-refractivity contribution in [1.82, 2.24) is 14.8 Å². The van der Waals surface area contributed by atoms with Gasteiger partial charge in [0.15, 0.2) is 17.1 Å². The van der Waals surface area contributed by atoms with Crippen molar-refractivity contribution in [3.63, 3.8) is 0 Å². The van der Waals surface area contributed by atoms with Crippen LogP contribution in [0.3, 0.4) is 0 Å². The van der Waals surface area contributed by atoms with Crippen LogP contribution in [0.1, 0.15) is 31.3 Å². The van der Waals surface area contributed by atoms with Crippen molar-refractivity contribution in [1.29, 1.82) is 0 Å². The van der Waals surface area contributed by atoms with Crippen LogP contribution >= 0.6 is 23.4 Å². The number of ether oxygens (including phenoxy) is 1. The lowest BCUT2D eigenvalue weighted by Gasteiger charge is -2.15. The van der Waals surface area contributed by atoms with Gasteiger partial charge in [-0.05, 0) is 62.7 Å². The van der Waals surface area contributed by atoms with Crippen LogP contribution in [-0.4, -0.2) is 26.4 Å². The zero-order valence-electron chi connectivity index (χ0n) is 16.9. The van der Waals surface area contributed by atoms with Crippen LogP contribution in [0.5, 0.6) is 5.75 Å². The molecule has 1 unspecified atom stereocenters. The summed E-state index contributed by atoms with van der Waals surface area (Å²) in [5, 5.41) is 12.5. The van der Waals surface area contributed by atoms with Crippen LogP contribution in [0, 0.1) is 12.7 Å². The Bertz CT molecular complexity index is 1030. The molecule has 0 saturated carbocycles. The van der Waals surface area contributed by atoms with Crippen molar-refractivity contribution in [3.05, 3.63) is 64.7 Å². The van der Waals surface area contributed by atoms with Crippen molar-refractivity contribution < 1.29 is 13.9 Å². The Labute approximate surface area is 183 Å². The van der Waals surface area contributed by atoms with Crippen LogP contribution in [0.4, 0.5) is 10.1 Å². The maximum absolute atomic E-state index is 13.1. The molecule has 1 atom stereocenters. The number of anilines is 1. The second kappa shape index (κ2) is 9.95. The summed E-state index contributed by atoms with van der Waals surface area (Å²) in [6, 6.07) is 11.2. The zero-order valence-corrected chi connectivity index (χ0v) is 18.4. The summed E-state index contributed by atoms with van der Waals surface area (Å²) in [6.07, 6.45) is -0.389. The summed E-state index contributed by atoms with van der Waals surface area (Å²) in [6.45, 7) is 6.30. The molecule has 3 rings (SSSR count). The first-order valence-corrected chi connectivity index (χ1v) is 10.8. The van der Waals surface area contributed by atoms with E-state index < -0.39 is 0 Å². The fourth-order valence-electron chi connectivity index (χ4n) is 2.83. The highest BCUT2D eigenvalue weighted by atomic mass is 35.5. The van der Waals surface area contributed by atoms with E-state index in [-0.39, 0.29) is 23.6 Å². The molecule has 0 aliphatic heterocycles. The zero-order chi connectivity index (χ0) is 21.7. The molecule has 0 spiro atoms. The molecule has 0 radical (unpaired) electrons. The molecule has 0 bridgehead atoms. The van der Waals surface area contributed by atoms with Gasteiger partial charge in [-0.25, -0.2) is 4.39 Å². The highest BCUT2D eigenvalue weighted by Crippen LogP contribution is 2.26. The third-order valence-electron chi connectivity index (χ3n) is 4.43. The van der Waals surface area contributed by atoms with Gasteiger partial charge >= 0.3 is 0 Å². The van der Waals surface area contributed by atoms with Gasteiger partial charge in [0.1, 0.15) is 11.6 Å². The Kier molecular flexibility index (Phi) is 7.33. The predicted octanol–water partition coefficient (Wildman–Crippen LogP) is 5.27. The van der Waals surface area contributed by atoms with E-state index >= 15 is 0 Å². The number of nitrogens with one attached hydrogen (secondary N) is 1. The molecule has 0 saturated heterocycles. The van der Waals surface area contributed by atoms with Gasteiger partial charge in [-0.2, -0.15) is 0 Å². The number of hydrogen-bond donors (Lipinski definition) is 1. The summed E-state index contributed by atoms with van der Waals surface area (Å²) in [5.41, 5.74) is 1.51. The molecule has 1 heterocycles. The fraction of sp³-hybridized carbons (Fsp3) is 0.286. The maximum atomic E-state index is 13.1. The normalized spacial score (nSPS) is 11.9. The van der Waals surface area contributed by atoms with Crippen LogP contribution in [0.25, 0.3) is 0 Å². The molecule has 0 aliphatic carbocycles. The number of aromatic nitrogens is 3. The topological polar surface area (TPSA) is 69.0 Å². The number of benzene rings is 2. The minimum atomic E-state index is -0.389. The molecule has 2 aromatic carbocycles. The molecule has 0 aliphatic rings. The highest BCUT2D eigenvalue weighted by Gasteiger charge is 2.19. The van der Waals surface area contributed by atoms with Crippen molar-refractivity contribution in [3.8, 4) is 5.75 Å². The van der Waals surface area contributed by atoms with Crippen LogP contribution < -0.4 is 10.1 Å². The average Bonchev–Trinajstić information content (AvgIpc) is 3.14. The average molecular weight is 449 g/mol. The number of thioether (sulfide) groups is 1. The second-order valence-electron chi connectivity index (χ2n) is 6.55. The largest absolute Gasteiger partial charge is 0.483 e. The monoisotopic (exact) mass is 448 g/mol. The van der Waals surface area contributed by atoms with E-state index in [2.05, 4.69) is 15.5 Å². The van der Waals surface area contributed by atoms with Crippen molar-refractivity contribution in [2.45, 2.75) is 38.6 Å². The minimum absolute atomic E-state index is 0.159. The molecule has 1 amide bonds. The lowest BCUT2D eigenvalue weighted by molar-refractivity contribution is -0.113. The number of halogens is 2. The smallest absolute Gasteiger partial charge is 0.234 e. The van der Waals surface area contributed by atoms with E-state index in [1.54, 1.807) is 24.3 Å². The van der Waals surface area contributed by atoms with Crippen molar-refractivity contribution in [2.75, 3.05) is 11.1 Å². The lowest BCUT2D eigenvalue weighted by Crippen LogP contribution is -2.16. The van der Waals surface area contributed by atoms with Crippen LogP contribution in [0.15, 0.2) is 47.6 Å². The Morgan fingerprint density at radius 2 is 2.00 bits per heavy atom.